The number of aromatic nitrogens is 1. The minimum Gasteiger partial charge on any atom is -0.494 e. The predicted molar refractivity (Wildman–Crippen MR) is 92.0 cm³/mol. The fourth-order valence-corrected chi connectivity index (χ4v) is 3.07. The molecule has 0 radical (unpaired) electrons. The zero-order valence-corrected chi connectivity index (χ0v) is 13.7. The maximum Gasteiger partial charge on any atom is 0.251 e. The van der Waals surface area contributed by atoms with E-state index in [1.165, 1.54) is 0 Å². The first-order valence-corrected chi connectivity index (χ1v) is 8.25. The molecule has 0 aliphatic heterocycles. The SMILES string of the molecule is COc1cccnc1-c1cccc(C(=O)NC2CCC(O)CC2)c1. The monoisotopic (exact) mass is 326 g/mol. The van der Waals surface area contributed by atoms with Gasteiger partial charge < -0.3 is 15.2 Å². The van der Waals surface area contributed by atoms with Crippen LogP contribution in [0.15, 0.2) is 42.6 Å². The molecule has 126 valence electrons. The zero-order chi connectivity index (χ0) is 16.9. The van der Waals surface area contributed by atoms with Crippen LogP contribution in [-0.2, 0) is 0 Å². The number of nitrogens with zero attached hydrogens (tertiary/aromatic N) is 1. The summed E-state index contributed by atoms with van der Waals surface area (Å²) in [5, 5.41) is 12.6. The van der Waals surface area contributed by atoms with Gasteiger partial charge in [-0.2, -0.15) is 0 Å². The van der Waals surface area contributed by atoms with E-state index in [-0.39, 0.29) is 18.1 Å². The fourth-order valence-electron chi connectivity index (χ4n) is 3.07. The molecule has 0 bridgehead atoms. The second kappa shape index (κ2) is 7.45. The van der Waals surface area contributed by atoms with Crippen LogP contribution in [0.5, 0.6) is 5.75 Å². The molecule has 2 N–H and O–H groups in total. The number of carbonyl (C=O) groups is 1. The Morgan fingerprint density at radius 2 is 2.00 bits per heavy atom. The minimum absolute atomic E-state index is 0.0897. The number of benzene rings is 1. The molecule has 24 heavy (non-hydrogen) atoms. The molecule has 5 heteroatoms. The Morgan fingerprint density at radius 1 is 1.21 bits per heavy atom. The third-order valence-corrected chi connectivity index (χ3v) is 4.42. The van der Waals surface area contributed by atoms with Gasteiger partial charge in [0.1, 0.15) is 11.4 Å². The molecule has 0 spiro atoms. The molecule has 5 nitrogen and oxygen atoms in total. The van der Waals surface area contributed by atoms with Crippen LogP contribution in [0.1, 0.15) is 36.0 Å². The van der Waals surface area contributed by atoms with Gasteiger partial charge in [0, 0.05) is 23.4 Å². The van der Waals surface area contributed by atoms with Gasteiger partial charge in [0.15, 0.2) is 0 Å². The maximum atomic E-state index is 12.5. The lowest BCUT2D eigenvalue weighted by atomic mass is 9.93. The lowest BCUT2D eigenvalue weighted by Gasteiger charge is -2.26. The maximum absolute atomic E-state index is 12.5. The van der Waals surface area contributed by atoms with Crippen molar-refractivity contribution in [2.45, 2.75) is 37.8 Å². The number of pyridine rings is 1. The van der Waals surface area contributed by atoms with Crippen molar-refractivity contribution in [1.29, 1.82) is 0 Å². The van der Waals surface area contributed by atoms with Gasteiger partial charge in [-0.3, -0.25) is 9.78 Å². The van der Waals surface area contributed by atoms with Crippen molar-refractivity contribution in [3.8, 4) is 17.0 Å². The number of hydrogen-bond donors (Lipinski definition) is 2. The summed E-state index contributed by atoms with van der Waals surface area (Å²) in [4.78, 5) is 16.9. The highest BCUT2D eigenvalue weighted by atomic mass is 16.5. The first-order chi connectivity index (χ1) is 11.7. The molecule has 1 fully saturated rings. The molecule has 1 heterocycles. The van der Waals surface area contributed by atoms with Crippen LogP contribution in [0.2, 0.25) is 0 Å². The zero-order valence-electron chi connectivity index (χ0n) is 13.7. The number of aliphatic hydroxyl groups is 1. The van der Waals surface area contributed by atoms with E-state index < -0.39 is 0 Å². The average Bonchev–Trinajstić information content (AvgIpc) is 2.63. The summed E-state index contributed by atoms with van der Waals surface area (Å²) in [5.41, 5.74) is 2.17. The highest BCUT2D eigenvalue weighted by molar-refractivity contribution is 5.95. The van der Waals surface area contributed by atoms with Crippen LogP contribution in [0.3, 0.4) is 0 Å². The first-order valence-electron chi connectivity index (χ1n) is 8.25. The fraction of sp³-hybridized carbons (Fsp3) is 0.368. The quantitative estimate of drug-likeness (QED) is 0.906. The molecular weight excluding hydrogens is 304 g/mol. The summed E-state index contributed by atoms with van der Waals surface area (Å²) in [7, 11) is 1.61. The highest BCUT2D eigenvalue weighted by Crippen LogP contribution is 2.27. The number of methoxy groups -OCH3 is 1. The molecule has 1 aromatic carbocycles. The molecule has 2 aromatic rings. The van der Waals surface area contributed by atoms with Crippen molar-refractivity contribution >= 4 is 5.91 Å². The third-order valence-electron chi connectivity index (χ3n) is 4.42. The van der Waals surface area contributed by atoms with Gasteiger partial charge in [-0.05, 0) is 49.9 Å². The molecule has 0 atom stereocenters. The van der Waals surface area contributed by atoms with E-state index in [1.54, 1.807) is 19.4 Å². The normalized spacial score (nSPS) is 20.4. The van der Waals surface area contributed by atoms with Crippen LogP contribution in [0, 0.1) is 0 Å². The van der Waals surface area contributed by atoms with Crippen LogP contribution in [-0.4, -0.2) is 35.3 Å². The van der Waals surface area contributed by atoms with E-state index in [9.17, 15) is 9.90 Å². The smallest absolute Gasteiger partial charge is 0.251 e. The summed E-state index contributed by atoms with van der Waals surface area (Å²) in [6.45, 7) is 0. The molecule has 1 aliphatic rings. The van der Waals surface area contributed by atoms with Gasteiger partial charge >= 0.3 is 0 Å². The number of rotatable bonds is 4. The Kier molecular flexibility index (Phi) is 5.11. The van der Waals surface area contributed by atoms with E-state index in [2.05, 4.69) is 10.3 Å². The van der Waals surface area contributed by atoms with E-state index in [4.69, 9.17) is 4.74 Å². The number of nitrogens with one attached hydrogen (secondary N) is 1. The number of hydrogen-bond acceptors (Lipinski definition) is 4. The molecular formula is C19H22N2O3. The Hall–Kier alpha value is -2.40. The third kappa shape index (κ3) is 3.74. The largest absolute Gasteiger partial charge is 0.494 e. The Morgan fingerprint density at radius 3 is 2.75 bits per heavy atom. The van der Waals surface area contributed by atoms with Gasteiger partial charge in [-0.1, -0.05) is 12.1 Å². The van der Waals surface area contributed by atoms with Gasteiger partial charge in [-0.25, -0.2) is 0 Å². The number of amides is 1. The topological polar surface area (TPSA) is 71.5 Å². The van der Waals surface area contributed by atoms with Crippen LogP contribution in [0.4, 0.5) is 0 Å². The number of aliphatic hydroxyl groups excluding tert-OH is 1. The number of ether oxygens (including phenoxy) is 1. The van der Waals surface area contributed by atoms with Crippen LogP contribution in [0.25, 0.3) is 11.3 Å². The molecule has 1 aliphatic carbocycles. The van der Waals surface area contributed by atoms with E-state index in [0.29, 0.717) is 11.3 Å². The van der Waals surface area contributed by atoms with E-state index >= 15 is 0 Å². The van der Waals surface area contributed by atoms with Gasteiger partial charge in [0.2, 0.25) is 0 Å². The standard InChI is InChI=1S/C19H22N2O3/c1-24-17-6-3-11-20-18(17)13-4-2-5-14(12-13)19(23)21-15-7-9-16(22)10-8-15/h2-6,11-12,15-16,22H,7-10H2,1H3,(H,21,23). The Labute approximate surface area is 141 Å². The van der Waals surface area contributed by atoms with Crippen molar-refractivity contribution in [2.75, 3.05) is 7.11 Å². The lowest BCUT2D eigenvalue weighted by molar-refractivity contribution is 0.0867. The average molecular weight is 326 g/mol. The van der Waals surface area contributed by atoms with Gasteiger partial charge in [0.05, 0.1) is 13.2 Å². The molecule has 1 saturated carbocycles. The van der Waals surface area contributed by atoms with Crippen LogP contribution < -0.4 is 10.1 Å². The molecule has 0 saturated heterocycles. The Balaban J connectivity index is 1.76. The summed E-state index contributed by atoms with van der Waals surface area (Å²) >= 11 is 0. The minimum atomic E-state index is -0.224. The summed E-state index contributed by atoms with van der Waals surface area (Å²) in [5.74, 6) is 0.587. The second-order valence-electron chi connectivity index (χ2n) is 6.11. The lowest BCUT2D eigenvalue weighted by Crippen LogP contribution is -2.38. The first kappa shape index (κ1) is 16.5. The summed E-state index contributed by atoms with van der Waals surface area (Å²) < 4.78 is 5.34. The van der Waals surface area contributed by atoms with Crippen molar-refractivity contribution in [3.05, 3.63) is 48.2 Å². The van der Waals surface area contributed by atoms with Gasteiger partial charge in [-0.15, -0.1) is 0 Å². The predicted octanol–water partition coefficient (Wildman–Crippen LogP) is 2.79. The van der Waals surface area contributed by atoms with Crippen molar-refractivity contribution in [1.82, 2.24) is 10.3 Å². The summed E-state index contributed by atoms with van der Waals surface area (Å²) in [6.07, 6.45) is 4.61. The van der Waals surface area contributed by atoms with E-state index in [1.807, 2.05) is 30.3 Å². The van der Waals surface area contributed by atoms with E-state index in [0.717, 1.165) is 36.9 Å². The second-order valence-corrected chi connectivity index (χ2v) is 6.11. The Bertz CT molecular complexity index is 709. The van der Waals surface area contributed by atoms with Crippen molar-refractivity contribution < 1.29 is 14.6 Å². The van der Waals surface area contributed by atoms with Crippen LogP contribution >= 0.6 is 0 Å². The molecule has 0 unspecified atom stereocenters. The molecule has 3 rings (SSSR count). The highest BCUT2D eigenvalue weighted by Gasteiger charge is 2.21. The molecule has 1 aromatic heterocycles. The van der Waals surface area contributed by atoms with Gasteiger partial charge in [0.25, 0.3) is 5.91 Å². The van der Waals surface area contributed by atoms with Crippen molar-refractivity contribution in [3.63, 3.8) is 0 Å². The summed E-state index contributed by atoms with van der Waals surface area (Å²) in [6, 6.07) is 11.2. The van der Waals surface area contributed by atoms with Crippen molar-refractivity contribution in [2.24, 2.45) is 0 Å². The number of carbonyl (C=O) groups excluding carboxylic acids is 1. The molecule has 1 amide bonds.